The van der Waals surface area contributed by atoms with E-state index in [2.05, 4.69) is 19.2 Å². The average Bonchev–Trinajstić information content (AvgIpc) is 3.19. The number of hydrogen-bond donors (Lipinski definition) is 1. The molecule has 0 unspecified atom stereocenters. The van der Waals surface area contributed by atoms with Gasteiger partial charge >= 0.3 is 0 Å². The first-order valence-electron chi connectivity index (χ1n) is 7.54. The van der Waals surface area contributed by atoms with E-state index in [-0.39, 0.29) is 5.82 Å². The first-order chi connectivity index (χ1) is 10.0. The summed E-state index contributed by atoms with van der Waals surface area (Å²) in [6.07, 6.45) is 2.47. The minimum Gasteiger partial charge on any atom is -0.310 e. The second-order valence-corrected chi connectivity index (χ2v) is 7.18. The summed E-state index contributed by atoms with van der Waals surface area (Å²) in [5.74, 6) is 0.424. The molecule has 4 heteroatoms. The van der Waals surface area contributed by atoms with Crippen molar-refractivity contribution in [3.63, 3.8) is 0 Å². The molecule has 1 aliphatic rings. The van der Waals surface area contributed by atoms with Crippen molar-refractivity contribution in [2.24, 2.45) is 0 Å². The number of aryl methyl sites for hydroxylation is 1. The van der Waals surface area contributed by atoms with Gasteiger partial charge in [-0.2, -0.15) is 0 Å². The van der Waals surface area contributed by atoms with Crippen LogP contribution in [0.4, 0.5) is 4.39 Å². The normalized spacial score (nSPS) is 14.9. The Morgan fingerprint density at radius 3 is 2.81 bits per heavy atom. The van der Waals surface area contributed by atoms with E-state index in [1.807, 2.05) is 13.0 Å². The van der Waals surface area contributed by atoms with Gasteiger partial charge in [-0.3, -0.25) is 0 Å². The molecule has 0 saturated heterocycles. The van der Waals surface area contributed by atoms with E-state index in [0.29, 0.717) is 12.0 Å². The first-order valence-corrected chi connectivity index (χ1v) is 8.35. The van der Waals surface area contributed by atoms with Crippen molar-refractivity contribution in [3.05, 3.63) is 40.2 Å². The lowest BCUT2D eigenvalue weighted by molar-refractivity contribution is 0.590. The lowest BCUT2D eigenvalue weighted by Gasteiger charge is -2.07. The number of hydrogen-bond acceptors (Lipinski definition) is 3. The van der Waals surface area contributed by atoms with Crippen LogP contribution in [0.1, 0.15) is 48.7 Å². The van der Waals surface area contributed by atoms with Crippen molar-refractivity contribution in [1.82, 2.24) is 10.3 Å². The molecule has 1 aromatic carbocycles. The predicted octanol–water partition coefficient (Wildman–Crippen LogP) is 4.63. The minimum absolute atomic E-state index is 0.194. The van der Waals surface area contributed by atoms with Crippen molar-refractivity contribution in [3.8, 4) is 10.6 Å². The monoisotopic (exact) mass is 304 g/mol. The Hall–Kier alpha value is -1.26. The summed E-state index contributed by atoms with van der Waals surface area (Å²) in [5, 5.41) is 4.43. The topological polar surface area (TPSA) is 24.9 Å². The molecule has 0 atom stereocenters. The van der Waals surface area contributed by atoms with Gasteiger partial charge in [0.25, 0.3) is 0 Å². The lowest BCUT2D eigenvalue weighted by atomic mass is 10.1. The van der Waals surface area contributed by atoms with Crippen LogP contribution in [0.2, 0.25) is 0 Å². The van der Waals surface area contributed by atoms with Gasteiger partial charge in [-0.15, -0.1) is 11.3 Å². The Labute approximate surface area is 129 Å². The molecule has 0 amide bonds. The molecule has 1 saturated carbocycles. The van der Waals surface area contributed by atoms with Gasteiger partial charge in [-0.05, 0) is 37.5 Å². The number of rotatable bonds is 5. The fourth-order valence-electron chi connectivity index (χ4n) is 2.40. The van der Waals surface area contributed by atoms with Crippen LogP contribution in [0.5, 0.6) is 0 Å². The molecule has 2 nitrogen and oxygen atoms in total. The van der Waals surface area contributed by atoms with Gasteiger partial charge in [-0.1, -0.05) is 19.9 Å². The van der Waals surface area contributed by atoms with Crippen molar-refractivity contribution in [2.45, 2.75) is 52.1 Å². The van der Waals surface area contributed by atoms with Gasteiger partial charge in [0.05, 0.1) is 5.69 Å². The van der Waals surface area contributed by atoms with Gasteiger partial charge in [0.15, 0.2) is 0 Å². The van der Waals surface area contributed by atoms with Crippen molar-refractivity contribution in [1.29, 1.82) is 0 Å². The molecule has 1 heterocycles. The highest BCUT2D eigenvalue weighted by Crippen LogP contribution is 2.44. The van der Waals surface area contributed by atoms with Crippen LogP contribution in [-0.2, 0) is 6.54 Å². The predicted molar refractivity (Wildman–Crippen MR) is 86.2 cm³/mol. The first kappa shape index (κ1) is 14.7. The van der Waals surface area contributed by atoms with Gasteiger partial charge in [0.2, 0.25) is 0 Å². The van der Waals surface area contributed by atoms with Crippen LogP contribution >= 0.6 is 11.3 Å². The molecular formula is C17H21FN2S. The molecule has 2 aromatic rings. The Morgan fingerprint density at radius 2 is 2.14 bits per heavy atom. The highest BCUT2D eigenvalue weighted by molar-refractivity contribution is 7.15. The molecule has 1 N–H and O–H groups in total. The van der Waals surface area contributed by atoms with E-state index < -0.39 is 0 Å². The zero-order chi connectivity index (χ0) is 15.0. The summed E-state index contributed by atoms with van der Waals surface area (Å²) in [6, 6.07) is 5.40. The Kier molecular flexibility index (Phi) is 4.09. The smallest absolute Gasteiger partial charge is 0.124 e. The van der Waals surface area contributed by atoms with Crippen molar-refractivity contribution < 1.29 is 4.39 Å². The Balaban J connectivity index is 1.95. The summed E-state index contributed by atoms with van der Waals surface area (Å²) in [5.41, 5.74) is 3.24. The maximum atomic E-state index is 13.5. The highest BCUT2D eigenvalue weighted by atomic mass is 32.1. The van der Waals surface area contributed by atoms with Crippen LogP contribution in [0.3, 0.4) is 0 Å². The molecule has 1 aliphatic carbocycles. The lowest BCUT2D eigenvalue weighted by Crippen LogP contribution is -2.21. The number of aromatic nitrogens is 1. The maximum Gasteiger partial charge on any atom is 0.124 e. The molecule has 0 bridgehead atoms. The molecule has 1 fully saturated rings. The molecular weight excluding hydrogens is 283 g/mol. The van der Waals surface area contributed by atoms with E-state index in [1.54, 1.807) is 17.4 Å². The number of benzene rings is 1. The van der Waals surface area contributed by atoms with Crippen LogP contribution in [0, 0.1) is 12.7 Å². The zero-order valence-corrected chi connectivity index (χ0v) is 13.6. The van der Waals surface area contributed by atoms with Crippen LogP contribution in [0.25, 0.3) is 10.6 Å². The van der Waals surface area contributed by atoms with E-state index in [1.165, 1.54) is 29.5 Å². The van der Waals surface area contributed by atoms with Gasteiger partial charge in [-0.25, -0.2) is 9.37 Å². The SMILES string of the molecule is Cc1ccc(F)cc1-c1nc(C2CC2)c(CNC(C)C)s1. The summed E-state index contributed by atoms with van der Waals surface area (Å²) in [4.78, 5) is 6.14. The third-order valence-electron chi connectivity index (χ3n) is 3.79. The van der Waals surface area contributed by atoms with Gasteiger partial charge in [0.1, 0.15) is 10.8 Å². The fraction of sp³-hybridized carbons (Fsp3) is 0.471. The quantitative estimate of drug-likeness (QED) is 0.871. The minimum atomic E-state index is -0.194. The van der Waals surface area contributed by atoms with Crippen molar-refractivity contribution in [2.75, 3.05) is 0 Å². The third-order valence-corrected chi connectivity index (χ3v) is 4.90. The second kappa shape index (κ2) is 5.85. The molecule has 21 heavy (non-hydrogen) atoms. The molecule has 3 rings (SSSR count). The van der Waals surface area contributed by atoms with Crippen LogP contribution in [-0.4, -0.2) is 11.0 Å². The molecule has 1 aromatic heterocycles. The summed E-state index contributed by atoms with van der Waals surface area (Å²) >= 11 is 1.71. The summed E-state index contributed by atoms with van der Waals surface area (Å²) in [7, 11) is 0. The number of halogens is 1. The third kappa shape index (κ3) is 3.33. The average molecular weight is 304 g/mol. The summed E-state index contributed by atoms with van der Waals surface area (Å²) in [6.45, 7) is 7.17. The largest absolute Gasteiger partial charge is 0.310 e. The van der Waals surface area contributed by atoms with Crippen LogP contribution in [0.15, 0.2) is 18.2 Å². The van der Waals surface area contributed by atoms with Gasteiger partial charge in [0, 0.05) is 28.9 Å². The van der Waals surface area contributed by atoms with E-state index in [9.17, 15) is 4.39 Å². The zero-order valence-electron chi connectivity index (χ0n) is 12.7. The standard InChI is InChI=1S/C17H21FN2S/c1-10(2)19-9-15-16(12-5-6-12)20-17(21-15)14-8-13(18)7-4-11(14)3/h4,7-8,10,12,19H,5-6,9H2,1-3H3. The van der Waals surface area contributed by atoms with Crippen molar-refractivity contribution >= 4 is 11.3 Å². The molecule has 0 spiro atoms. The molecule has 0 radical (unpaired) electrons. The highest BCUT2D eigenvalue weighted by Gasteiger charge is 2.30. The van der Waals surface area contributed by atoms with E-state index >= 15 is 0 Å². The number of nitrogens with one attached hydrogen (secondary N) is 1. The van der Waals surface area contributed by atoms with Crippen LogP contribution < -0.4 is 5.32 Å². The molecule has 112 valence electrons. The Morgan fingerprint density at radius 1 is 1.38 bits per heavy atom. The van der Waals surface area contributed by atoms with E-state index in [4.69, 9.17) is 4.98 Å². The van der Waals surface area contributed by atoms with E-state index in [0.717, 1.165) is 22.7 Å². The molecule has 0 aliphatic heterocycles. The maximum absolute atomic E-state index is 13.5. The van der Waals surface area contributed by atoms with Gasteiger partial charge < -0.3 is 5.32 Å². The number of thiazole rings is 1. The second-order valence-electron chi connectivity index (χ2n) is 6.10. The summed E-state index contributed by atoms with van der Waals surface area (Å²) < 4.78 is 13.5. The Bertz CT molecular complexity index is 644. The fourth-order valence-corrected chi connectivity index (χ4v) is 3.58. The number of nitrogens with zero attached hydrogens (tertiary/aromatic N) is 1.